The van der Waals surface area contributed by atoms with Crippen LogP contribution in [0.25, 0.3) is 0 Å². The van der Waals surface area contributed by atoms with Crippen molar-refractivity contribution in [2.24, 2.45) is 0 Å². The molecule has 150 valence electrons. The fourth-order valence-electron chi connectivity index (χ4n) is 3.72. The van der Waals surface area contributed by atoms with Crippen molar-refractivity contribution in [2.45, 2.75) is 56.6 Å². The zero-order chi connectivity index (χ0) is 19.1. The summed E-state index contributed by atoms with van der Waals surface area (Å²) in [5, 5.41) is 3.78. The Kier molecular flexibility index (Phi) is 7.47. The second kappa shape index (κ2) is 9.82. The molecule has 0 bridgehead atoms. The first kappa shape index (κ1) is 20.5. The molecular formula is C20H30N2O3S2. The molecule has 0 unspecified atom stereocenters. The maximum Gasteiger partial charge on any atom is 0.251 e. The fourth-order valence-corrected chi connectivity index (χ4v) is 6.67. The van der Waals surface area contributed by atoms with E-state index >= 15 is 0 Å². The van der Waals surface area contributed by atoms with Gasteiger partial charge in [-0.05, 0) is 62.1 Å². The van der Waals surface area contributed by atoms with Crippen LogP contribution in [0.4, 0.5) is 5.69 Å². The molecule has 1 aromatic carbocycles. The van der Waals surface area contributed by atoms with Gasteiger partial charge < -0.3 is 5.32 Å². The molecule has 1 saturated heterocycles. The zero-order valence-corrected chi connectivity index (χ0v) is 17.5. The predicted octanol–water partition coefficient (Wildman–Crippen LogP) is 3.80. The third-order valence-corrected chi connectivity index (χ3v) is 8.62. The quantitative estimate of drug-likeness (QED) is 0.694. The van der Waals surface area contributed by atoms with Crippen molar-refractivity contribution in [3.8, 4) is 0 Å². The number of sulfonamides is 1. The van der Waals surface area contributed by atoms with Crippen molar-refractivity contribution in [3.63, 3.8) is 0 Å². The smallest absolute Gasteiger partial charge is 0.251 e. The highest BCUT2D eigenvalue weighted by atomic mass is 32.2. The zero-order valence-electron chi connectivity index (χ0n) is 15.9. The van der Waals surface area contributed by atoms with E-state index in [9.17, 15) is 13.2 Å². The Labute approximate surface area is 167 Å². The molecule has 2 aliphatic rings. The van der Waals surface area contributed by atoms with Crippen LogP contribution in [0.15, 0.2) is 24.3 Å². The summed E-state index contributed by atoms with van der Waals surface area (Å²) in [7, 11) is -3.21. The largest absolute Gasteiger partial charge is 0.352 e. The highest BCUT2D eigenvalue weighted by Gasteiger charge is 2.26. The van der Waals surface area contributed by atoms with Crippen LogP contribution in [0.2, 0.25) is 0 Å². The van der Waals surface area contributed by atoms with Crippen LogP contribution in [-0.4, -0.2) is 44.2 Å². The van der Waals surface area contributed by atoms with Gasteiger partial charge in [0.05, 0.1) is 11.4 Å². The number of carbonyl (C=O) groups excluding carboxylic acids is 1. The minimum atomic E-state index is -3.21. The van der Waals surface area contributed by atoms with E-state index in [0.717, 1.165) is 30.3 Å². The molecular weight excluding hydrogens is 380 g/mol. The lowest BCUT2D eigenvalue weighted by atomic mass is 10.0. The van der Waals surface area contributed by atoms with Crippen molar-refractivity contribution in [1.29, 1.82) is 0 Å². The van der Waals surface area contributed by atoms with Crippen molar-refractivity contribution in [2.75, 3.05) is 28.9 Å². The topological polar surface area (TPSA) is 66.5 Å². The predicted molar refractivity (Wildman–Crippen MR) is 113 cm³/mol. The van der Waals surface area contributed by atoms with E-state index in [2.05, 4.69) is 5.32 Å². The number of nitrogens with zero attached hydrogens (tertiary/aromatic N) is 1. The molecule has 27 heavy (non-hydrogen) atoms. The molecule has 0 aromatic heterocycles. The Morgan fingerprint density at radius 2 is 1.81 bits per heavy atom. The second-order valence-electron chi connectivity index (χ2n) is 7.38. The van der Waals surface area contributed by atoms with Gasteiger partial charge in [-0.25, -0.2) is 8.42 Å². The van der Waals surface area contributed by atoms with Gasteiger partial charge in [0, 0.05) is 23.9 Å². The normalized spacial score (nSPS) is 20.4. The average molecular weight is 411 g/mol. The first-order chi connectivity index (χ1) is 13.1. The lowest BCUT2D eigenvalue weighted by Gasteiger charge is -2.28. The molecule has 5 nitrogen and oxygen atoms in total. The van der Waals surface area contributed by atoms with Gasteiger partial charge in [-0.15, -0.1) is 0 Å². The van der Waals surface area contributed by atoms with Gasteiger partial charge in [0.25, 0.3) is 5.91 Å². The minimum Gasteiger partial charge on any atom is -0.352 e. The summed E-state index contributed by atoms with van der Waals surface area (Å²) >= 11 is 2.05. The maximum absolute atomic E-state index is 12.3. The first-order valence-corrected chi connectivity index (χ1v) is 12.7. The van der Waals surface area contributed by atoms with Crippen LogP contribution in [0.1, 0.15) is 61.7 Å². The minimum absolute atomic E-state index is 0.0919. The standard InChI is InChI=1S/C20H30N2O3S2/c23-20(21-13-6-15-26-19-7-2-1-3-8-19)17-9-11-18(12-10-17)22-14-4-5-16-27(22,24)25/h9-12,19H,1-8,13-16H2,(H,21,23). The van der Waals surface area contributed by atoms with Crippen LogP contribution < -0.4 is 9.62 Å². The van der Waals surface area contributed by atoms with Gasteiger partial charge in [-0.1, -0.05) is 19.3 Å². The van der Waals surface area contributed by atoms with E-state index in [4.69, 9.17) is 0 Å². The van der Waals surface area contributed by atoms with E-state index in [1.807, 2.05) is 11.8 Å². The third kappa shape index (κ3) is 5.88. The highest BCUT2D eigenvalue weighted by Crippen LogP contribution is 2.28. The molecule has 7 heteroatoms. The number of carbonyl (C=O) groups is 1. The van der Waals surface area contributed by atoms with E-state index in [-0.39, 0.29) is 11.7 Å². The SMILES string of the molecule is O=C(NCCCSC1CCCCC1)c1ccc(N2CCCCS2(=O)=O)cc1. The van der Waals surface area contributed by atoms with E-state index in [1.54, 1.807) is 24.3 Å². The van der Waals surface area contributed by atoms with E-state index < -0.39 is 10.0 Å². The maximum atomic E-state index is 12.3. The number of nitrogens with one attached hydrogen (secondary N) is 1. The molecule has 1 aromatic rings. The summed E-state index contributed by atoms with van der Waals surface area (Å²) in [6.45, 7) is 1.20. The second-order valence-corrected chi connectivity index (χ2v) is 10.8. The van der Waals surface area contributed by atoms with Crippen LogP contribution in [0.3, 0.4) is 0 Å². The summed E-state index contributed by atoms with van der Waals surface area (Å²) in [5.41, 5.74) is 1.23. The Morgan fingerprint density at radius 1 is 1.07 bits per heavy atom. The molecule has 2 fully saturated rings. The molecule has 0 spiro atoms. The Hall–Kier alpha value is -1.21. The van der Waals surface area contributed by atoms with Gasteiger partial charge >= 0.3 is 0 Å². The molecule has 1 aliphatic carbocycles. The van der Waals surface area contributed by atoms with Crippen molar-refractivity contribution >= 4 is 33.4 Å². The van der Waals surface area contributed by atoms with E-state index in [1.165, 1.54) is 36.4 Å². The fraction of sp³-hybridized carbons (Fsp3) is 0.650. The number of thioether (sulfide) groups is 1. The van der Waals surface area contributed by atoms with Crippen LogP contribution in [-0.2, 0) is 10.0 Å². The van der Waals surface area contributed by atoms with Crippen molar-refractivity contribution < 1.29 is 13.2 Å². The Balaban J connectivity index is 1.42. The lowest BCUT2D eigenvalue weighted by molar-refractivity contribution is 0.0954. The van der Waals surface area contributed by atoms with Crippen LogP contribution in [0.5, 0.6) is 0 Å². The highest BCUT2D eigenvalue weighted by molar-refractivity contribution is 7.99. The van der Waals surface area contributed by atoms with Crippen LogP contribution in [0, 0.1) is 0 Å². The Bertz CT molecular complexity index is 713. The Morgan fingerprint density at radius 3 is 2.52 bits per heavy atom. The number of rotatable bonds is 7. The van der Waals surface area contributed by atoms with Gasteiger partial charge in [0.2, 0.25) is 10.0 Å². The first-order valence-electron chi connectivity index (χ1n) is 10.1. The molecule has 3 rings (SSSR count). The number of anilines is 1. The third-order valence-electron chi connectivity index (χ3n) is 5.28. The summed E-state index contributed by atoms with van der Waals surface area (Å²) in [6, 6.07) is 6.89. The molecule has 1 amide bonds. The van der Waals surface area contributed by atoms with Crippen molar-refractivity contribution in [3.05, 3.63) is 29.8 Å². The van der Waals surface area contributed by atoms with Gasteiger partial charge in [0.1, 0.15) is 0 Å². The molecule has 0 atom stereocenters. The number of amides is 1. The number of hydrogen-bond acceptors (Lipinski definition) is 4. The van der Waals surface area contributed by atoms with Gasteiger partial charge in [0.15, 0.2) is 0 Å². The summed E-state index contributed by atoms with van der Waals surface area (Å²) in [5.74, 6) is 1.20. The lowest BCUT2D eigenvalue weighted by Crippen LogP contribution is -2.37. The van der Waals surface area contributed by atoms with Crippen LogP contribution >= 0.6 is 11.8 Å². The molecule has 0 radical (unpaired) electrons. The average Bonchev–Trinajstić information content (AvgIpc) is 2.68. The number of benzene rings is 1. The summed E-state index contributed by atoms with van der Waals surface area (Å²) < 4.78 is 25.8. The number of hydrogen-bond donors (Lipinski definition) is 1. The van der Waals surface area contributed by atoms with Gasteiger partial charge in [-0.3, -0.25) is 9.10 Å². The summed E-state index contributed by atoms with van der Waals surface area (Å²) in [6.07, 6.45) is 9.38. The molecule has 1 aliphatic heterocycles. The molecule has 1 N–H and O–H groups in total. The summed E-state index contributed by atoms with van der Waals surface area (Å²) in [4.78, 5) is 12.3. The molecule has 1 saturated carbocycles. The van der Waals surface area contributed by atoms with Crippen molar-refractivity contribution in [1.82, 2.24) is 5.32 Å². The molecule has 1 heterocycles. The monoisotopic (exact) mass is 410 g/mol. The van der Waals surface area contributed by atoms with Gasteiger partial charge in [-0.2, -0.15) is 11.8 Å². The van der Waals surface area contributed by atoms with E-state index in [0.29, 0.717) is 24.3 Å².